The quantitative estimate of drug-likeness (QED) is 0.272. The van der Waals surface area contributed by atoms with Crippen LogP contribution in [0.4, 0.5) is 11.4 Å². The predicted molar refractivity (Wildman–Crippen MR) is 121 cm³/mol. The Labute approximate surface area is 184 Å². The number of nitro benzene ring substituents is 1. The maximum absolute atomic E-state index is 12.5. The third kappa shape index (κ3) is 5.28. The van der Waals surface area contributed by atoms with Gasteiger partial charge in [-0.25, -0.2) is 0 Å². The maximum atomic E-state index is 12.5. The van der Waals surface area contributed by atoms with Gasteiger partial charge in [0.15, 0.2) is 0 Å². The van der Waals surface area contributed by atoms with Crippen molar-refractivity contribution in [2.45, 2.75) is 0 Å². The molecule has 4 rings (SSSR count). The molecule has 0 atom stereocenters. The molecule has 0 aromatic heterocycles. The minimum Gasteiger partial charge on any atom is -0.457 e. The molecule has 1 amide bonds. The van der Waals surface area contributed by atoms with Crippen LogP contribution in [0.5, 0.6) is 23.0 Å². The Kier molecular flexibility index (Phi) is 6.08. The van der Waals surface area contributed by atoms with E-state index in [4.69, 9.17) is 9.47 Å². The molecule has 0 radical (unpaired) electrons. The molecule has 7 nitrogen and oxygen atoms in total. The average Bonchev–Trinajstić information content (AvgIpc) is 2.82. The van der Waals surface area contributed by atoms with Gasteiger partial charge in [0.2, 0.25) is 0 Å². The average molecular weight is 426 g/mol. The van der Waals surface area contributed by atoms with Crippen LogP contribution < -0.4 is 14.8 Å². The van der Waals surface area contributed by atoms with Gasteiger partial charge >= 0.3 is 0 Å². The zero-order valence-corrected chi connectivity index (χ0v) is 16.8. The second-order valence-corrected chi connectivity index (χ2v) is 6.77. The summed E-state index contributed by atoms with van der Waals surface area (Å²) in [5, 5.41) is 13.6. The van der Waals surface area contributed by atoms with Crippen molar-refractivity contribution >= 4 is 17.3 Å². The number of anilines is 1. The molecular weight excluding hydrogens is 408 g/mol. The van der Waals surface area contributed by atoms with Crippen LogP contribution in [-0.4, -0.2) is 10.8 Å². The lowest BCUT2D eigenvalue weighted by molar-refractivity contribution is -0.384. The number of non-ortho nitro benzene ring substituents is 1. The smallest absolute Gasteiger partial charge is 0.269 e. The molecule has 4 aromatic carbocycles. The number of para-hydroxylation sites is 1. The minimum atomic E-state index is -0.471. The molecule has 0 saturated carbocycles. The van der Waals surface area contributed by atoms with Gasteiger partial charge in [0.1, 0.15) is 23.0 Å². The lowest BCUT2D eigenvalue weighted by Gasteiger charge is -2.09. The molecule has 0 bridgehead atoms. The number of nitro groups is 1. The van der Waals surface area contributed by atoms with Gasteiger partial charge in [-0.15, -0.1) is 0 Å². The summed E-state index contributed by atoms with van der Waals surface area (Å²) in [5.41, 5.74) is 1.09. The Balaban J connectivity index is 1.34. The van der Waals surface area contributed by atoms with E-state index in [1.54, 1.807) is 48.5 Å². The van der Waals surface area contributed by atoms with Crippen LogP contribution >= 0.6 is 0 Å². The van der Waals surface area contributed by atoms with Crippen LogP contribution in [0.2, 0.25) is 0 Å². The number of carbonyl (C=O) groups excluding carboxylic acids is 1. The van der Waals surface area contributed by atoms with E-state index in [0.717, 1.165) is 5.75 Å². The van der Waals surface area contributed by atoms with Crippen LogP contribution in [-0.2, 0) is 0 Å². The molecule has 32 heavy (non-hydrogen) atoms. The topological polar surface area (TPSA) is 90.7 Å². The molecule has 0 aliphatic heterocycles. The number of amides is 1. The summed E-state index contributed by atoms with van der Waals surface area (Å²) in [7, 11) is 0. The SMILES string of the molecule is O=C(Nc1ccc(Oc2ccccc2)cc1)c1ccc(Oc2ccc([N+](=O)[O-])cc2)cc1. The van der Waals surface area contributed by atoms with E-state index in [9.17, 15) is 14.9 Å². The highest BCUT2D eigenvalue weighted by Gasteiger charge is 2.08. The van der Waals surface area contributed by atoms with Gasteiger partial charge in [0.05, 0.1) is 4.92 Å². The fourth-order valence-corrected chi connectivity index (χ4v) is 2.88. The molecule has 0 aliphatic rings. The minimum absolute atomic E-state index is 0.0102. The Morgan fingerprint density at radius 1 is 0.656 bits per heavy atom. The number of hydrogen-bond acceptors (Lipinski definition) is 5. The highest BCUT2D eigenvalue weighted by Crippen LogP contribution is 2.25. The van der Waals surface area contributed by atoms with E-state index in [0.29, 0.717) is 28.5 Å². The lowest BCUT2D eigenvalue weighted by atomic mass is 10.2. The van der Waals surface area contributed by atoms with Gasteiger partial charge in [0.25, 0.3) is 11.6 Å². The Morgan fingerprint density at radius 2 is 1.12 bits per heavy atom. The summed E-state index contributed by atoms with van der Waals surface area (Å²) in [6, 6.07) is 28.9. The predicted octanol–water partition coefficient (Wildman–Crippen LogP) is 6.43. The van der Waals surface area contributed by atoms with Gasteiger partial charge in [-0.1, -0.05) is 18.2 Å². The normalized spacial score (nSPS) is 10.2. The van der Waals surface area contributed by atoms with Crippen molar-refractivity contribution in [1.82, 2.24) is 0 Å². The maximum Gasteiger partial charge on any atom is 0.269 e. The Bertz CT molecular complexity index is 1210. The first-order chi connectivity index (χ1) is 15.6. The molecule has 7 heteroatoms. The third-order valence-corrected chi connectivity index (χ3v) is 4.49. The standard InChI is InChI=1S/C25H18N2O5/c28-25(26-19-8-14-23(15-9-19)31-21-4-2-1-3-5-21)18-6-12-22(13-7-18)32-24-16-10-20(11-17-24)27(29)30/h1-17H,(H,26,28). The first kappa shape index (κ1) is 20.6. The van der Waals surface area contributed by atoms with E-state index >= 15 is 0 Å². The second-order valence-electron chi connectivity index (χ2n) is 6.77. The zero-order valence-electron chi connectivity index (χ0n) is 16.8. The van der Waals surface area contributed by atoms with Crippen LogP contribution in [0.25, 0.3) is 0 Å². The van der Waals surface area contributed by atoms with Crippen molar-refractivity contribution in [1.29, 1.82) is 0 Å². The largest absolute Gasteiger partial charge is 0.457 e. The van der Waals surface area contributed by atoms with Gasteiger partial charge in [-0.3, -0.25) is 14.9 Å². The number of nitrogens with one attached hydrogen (secondary N) is 1. The van der Waals surface area contributed by atoms with Crippen molar-refractivity contribution in [2.75, 3.05) is 5.32 Å². The van der Waals surface area contributed by atoms with E-state index in [1.807, 2.05) is 30.3 Å². The highest BCUT2D eigenvalue weighted by molar-refractivity contribution is 6.04. The van der Waals surface area contributed by atoms with E-state index in [-0.39, 0.29) is 11.6 Å². The van der Waals surface area contributed by atoms with E-state index in [2.05, 4.69) is 5.32 Å². The summed E-state index contributed by atoms with van der Waals surface area (Å²) < 4.78 is 11.4. The van der Waals surface area contributed by atoms with Gasteiger partial charge < -0.3 is 14.8 Å². The van der Waals surface area contributed by atoms with Crippen molar-refractivity contribution in [3.05, 3.63) is 119 Å². The Hall–Kier alpha value is -4.65. The van der Waals surface area contributed by atoms with Crippen LogP contribution in [0.1, 0.15) is 10.4 Å². The van der Waals surface area contributed by atoms with Gasteiger partial charge in [0, 0.05) is 23.4 Å². The monoisotopic (exact) mass is 426 g/mol. The van der Waals surface area contributed by atoms with Crippen molar-refractivity contribution in [3.8, 4) is 23.0 Å². The number of rotatable bonds is 7. The summed E-state index contributed by atoms with van der Waals surface area (Å²) in [6.07, 6.45) is 0. The molecule has 0 aliphatic carbocycles. The molecule has 0 heterocycles. The fraction of sp³-hybridized carbons (Fsp3) is 0. The van der Waals surface area contributed by atoms with Crippen LogP contribution in [0.3, 0.4) is 0 Å². The Morgan fingerprint density at radius 3 is 1.66 bits per heavy atom. The fourth-order valence-electron chi connectivity index (χ4n) is 2.88. The lowest BCUT2D eigenvalue weighted by Crippen LogP contribution is -2.11. The summed E-state index contributed by atoms with van der Waals surface area (Å²) in [6.45, 7) is 0. The van der Waals surface area contributed by atoms with Crippen LogP contribution in [0, 0.1) is 10.1 Å². The zero-order chi connectivity index (χ0) is 22.3. The summed E-state index contributed by atoms with van der Waals surface area (Å²) in [5.74, 6) is 2.12. The number of nitrogens with zero attached hydrogens (tertiary/aromatic N) is 1. The molecule has 0 spiro atoms. The van der Waals surface area contributed by atoms with Crippen molar-refractivity contribution in [3.63, 3.8) is 0 Å². The van der Waals surface area contributed by atoms with Gasteiger partial charge in [-0.2, -0.15) is 0 Å². The van der Waals surface area contributed by atoms with Crippen molar-refractivity contribution in [2.24, 2.45) is 0 Å². The van der Waals surface area contributed by atoms with E-state index in [1.165, 1.54) is 24.3 Å². The summed E-state index contributed by atoms with van der Waals surface area (Å²) in [4.78, 5) is 22.8. The highest BCUT2D eigenvalue weighted by atomic mass is 16.6. The first-order valence-corrected chi connectivity index (χ1v) is 9.73. The molecule has 158 valence electrons. The molecule has 0 saturated heterocycles. The number of hydrogen-bond donors (Lipinski definition) is 1. The molecular formula is C25H18N2O5. The number of carbonyl (C=O) groups is 1. The van der Waals surface area contributed by atoms with Gasteiger partial charge in [-0.05, 0) is 72.8 Å². The molecule has 0 fully saturated rings. The molecule has 0 unspecified atom stereocenters. The van der Waals surface area contributed by atoms with Crippen molar-refractivity contribution < 1.29 is 19.2 Å². The summed E-state index contributed by atoms with van der Waals surface area (Å²) >= 11 is 0. The van der Waals surface area contributed by atoms with E-state index < -0.39 is 4.92 Å². The second kappa shape index (κ2) is 9.44. The first-order valence-electron chi connectivity index (χ1n) is 9.73. The molecule has 1 N–H and O–H groups in total. The number of ether oxygens (including phenoxy) is 2. The molecule has 4 aromatic rings. The third-order valence-electron chi connectivity index (χ3n) is 4.49. The number of benzene rings is 4. The van der Waals surface area contributed by atoms with Crippen LogP contribution in [0.15, 0.2) is 103 Å².